The number of amides is 1. The summed E-state index contributed by atoms with van der Waals surface area (Å²) < 4.78 is 86.1. The van der Waals surface area contributed by atoms with Crippen molar-refractivity contribution in [2.45, 2.75) is 253 Å². The number of aliphatic hydroxyl groups is 25. The Morgan fingerprint density at radius 2 is 0.565 bits per heavy atom. The lowest BCUT2D eigenvalue weighted by Crippen LogP contribution is -2.69. The molecule has 1 amide bonds. The summed E-state index contributed by atoms with van der Waals surface area (Å²) in [5.74, 6) is -0.824. The normalized spacial score (nSPS) is 52.2. The second kappa shape index (κ2) is 32.7. The summed E-state index contributed by atoms with van der Waals surface area (Å²) in [7, 11) is 0. The third kappa shape index (κ3) is 16.0. The minimum atomic E-state index is -2.43. The predicted molar refractivity (Wildman–Crippen MR) is 276 cm³/mol. The van der Waals surface area contributed by atoms with E-state index in [1.165, 1.54) is 0 Å². The van der Waals surface area contributed by atoms with Crippen molar-refractivity contribution in [3.63, 3.8) is 0 Å². The highest BCUT2D eigenvalue weighted by Gasteiger charge is 2.59. The Labute approximate surface area is 519 Å². The summed E-state index contributed by atoms with van der Waals surface area (Å²) in [5, 5.41) is 273. The van der Waals surface area contributed by atoms with Gasteiger partial charge in [0.25, 0.3) is 0 Å². The standard InChI is InChI=1S/C50H85NO41/c1-10(58)51-19-27(66)38(16(7-57)80-43(19)77)88-48-37(76)40(90-50-42(32(71)24(63)15(6-56)85-50)92-47-35(74)30(69)22(61)13(4-54)83-47)26(65)18(87-48)9-79-45-36(75)39(25(64)17(86-45)8-78-44-33(72)28(67)20(59)11(2-52)81-44)89-49-41(31(70)23(62)14(5-55)84-49)91-46-34(73)29(68)21(60)12(3-53)82-46/h11-50,52-57,59-77H,2-9H2,1H3,(H,51,58)/t11-,12-,13-,14-,15-,16-,17-,18-,19-,20-,21-,22-,23-,24-,25-,26-,27-,28+,29+,30+,31+,32+,33+,34+,35-,36+,37+,38-,39+,40+,41+,42+,43?,44+,45+,46-,47-,48+,49-,50-/m1/s1. The second-order valence-electron chi connectivity index (χ2n) is 23.2. The molecule has 26 N–H and O–H groups in total. The van der Waals surface area contributed by atoms with E-state index in [0.717, 1.165) is 6.92 Å². The smallest absolute Gasteiger partial charge is 0.217 e. The van der Waals surface area contributed by atoms with Gasteiger partial charge in [-0.25, -0.2) is 0 Å². The number of rotatable bonds is 23. The lowest BCUT2D eigenvalue weighted by molar-refractivity contribution is -0.400. The maximum absolute atomic E-state index is 12.2. The van der Waals surface area contributed by atoms with Crippen molar-refractivity contribution in [2.24, 2.45) is 0 Å². The van der Waals surface area contributed by atoms with Gasteiger partial charge in [0.15, 0.2) is 50.3 Å². The van der Waals surface area contributed by atoms with Gasteiger partial charge in [-0.2, -0.15) is 0 Å². The molecule has 0 aromatic carbocycles. The SMILES string of the molecule is CC(=O)N[C@H]1C(O)O[C@H](CO)[C@@H](O[C@@H]2O[C@H](CO[C@H]3O[C@H](CO[C@H]4O[C@H](CO)[C@@H](O)[C@H](O)[C@@H]4O)[C@@H](O)[C@H](O[C@H]4O[C@H](CO)[C@@H](O)[C@H](O)[C@@H]4O[C@H]4O[C@H](CO)[C@@H](O)[C@H](O)[C@@H]4O)[C@@H]3O)[C@@H](O)[C@H](O[C@H]3O[C@H](CO)[C@@H](O)[C@H](O)[C@@H]3O[C@H]3O[C@H](CO)[C@@H](O)[C@H](O)[C@H]3O)[C@@H]2O)[C@@H]1O. The van der Waals surface area contributed by atoms with Crippen molar-refractivity contribution in [3.8, 4) is 0 Å². The number of aliphatic hydroxyl groups excluding tert-OH is 25. The highest BCUT2D eigenvalue weighted by atomic mass is 16.8. The summed E-state index contributed by atoms with van der Waals surface area (Å²) in [4.78, 5) is 12.2. The second-order valence-corrected chi connectivity index (χ2v) is 23.2. The van der Waals surface area contributed by atoms with Crippen LogP contribution >= 0.6 is 0 Å². The molecule has 0 aromatic rings. The Hall–Kier alpha value is -2.13. The van der Waals surface area contributed by atoms with Crippen molar-refractivity contribution in [1.82, 2.24) is 5.32 Å². The van der Waals surface area contributed by atoms with Crippen LogP contribution in [0.1, 0.15) is 6.92 Å². The van der Waals surface area contributed by atoms with Crippen LogP contribution in [-0.2, 0) is 75.8 Å². The maximum Gasteiger partial charge on any atom is 0.217 e. The molecule has 92 heavy (non-hydrogen) atoms. The number of hydrogen-bond donors (Lipinski definition) is 26. The molecule has 8 fully saturated rings. The van der Waals surface area contributed by atoms with E-state index in [0.29, 0.717) is 0 Å². The molecule has 8 heterocycles. The first-order valence-electron chi connectivity index (χ1n) is 29.2. The molecule has 0 saturated carbocycles. The van der Waals surface area contributed by atoms with E-state index < -0.39 is 304 Å². The molecule has 42 heteroatoms. The highest BCUT2D eigenvalue weighted by Crippen LogP contribution is 2.38. The molecule has 8 aliphatic rings. The Morgan fingerprint density at radius 1 is 0.283 bits per heavy atom. The first kappa shape index (κ1) is 75.6. The lowest BCUT2D eigenvalue weighted by Gasteiger charge is -2.50. The molecule has 0 aromatic heterocycles. The van der Waals surface area contributed by atoms with E-state index in [-0.39, 0.29) is 0 Å². The van der Waals surface area contributed by atoms with Crippen LogP contribution in [0.5, 0.6) is 0 Å². The van der Waals surface area contributed by atoms with Crippen LogP contribution in [-0.4, -0.2) is 432 Å². The van der Waals surface area contributed by atoms with Gasteiger partial charge in [-0.1, -0.05) is 0 Å². The zero-order valence-corrected chi connectivity index (χ0v) is 48.5. The molecule has 0 spiro atoms. The number of ether oxygens (including phenoxy) is 15. The van der Waals surface area contributed by atoms with Crippen molar-refractivity contribution in [1.29, 1.82) is 0 Å². The summed E-state index contributed by atoms with van der Waals surface area (Å²) >= 11 is 0. The summed E-state index contributed by atoms with van der Waals surface area (Å²) in [6, 6.07) is -1.72. The van der Waals surface area contributed by atoms with Crippen LogP contribution in [0.25, 0.3) is 0 Å². The third-order valence-electron chi connectivity index (χ3n) is 17.0. The molecule has 0 aliphatic carbocycles. The van der Waals surface area contributed by atoms with Gasteiger partial charge < -0.3 is 204 Å². The average Bonchev–Trinajstić information content (AvgIpc) is 0.790. The summed E-state index contributed by atoms with van der Waals surface area (Å²) in [5.41, 5.74) is 0. The molecule has 40 atom stereocenters. The number of hydrogen-bond acceptors (Lipinski definition) is 41. The van der Waals surface area contributed by atoms with Gasteiger partial charge in [0.1, 0.15) is 195 Å². The Balaban J connectivity index is 1.12. The van der Waals surface area contributed by atoms with Gasteiger partial charge in [-0.05, 0) is 0 Å². The molecule has 0 bridgehead atoms. The van der Waals surface area contributed by atoms with Crippen LogP contribution in [0.3, 0.4) is 0 Å². The van der Waals surface area contributed by atoms with Crippen molar-refractivity contribution < 1.29 is 204 Å². The zero-order chi connectivity index (χ0) is 67.6. The van der Waals surface area contributed by atoms with Gasteiger partial charge in [0.2, 0.25) is 5.91 Å². The quantitative estimate of drug-likeness (QED) is 0.0452. The molecule has 8 rings (SSSR count). The molecular formula is C50H85NO41. The van der Waals surface area contributed by atoms with Crippen LogP contribution in [0.15, 0.2) is 0 Å². The predicted octanol–water partition coefficient (Wildman–Crippen LogP) is -18.3. The highest BCUT2D eigenvalue weighted by molar-refractivity contribution is 5.73. The van der Waals surface area contributed by atoms with Gasteiger partial charge in [-0.3, -0.25) is 4.79 Å². The first-order chi connectivity index (χ1) is 43.5. The Kier molecular flexibility index (Phi) is 26.9. The Morgan fingerprint density at radius 3 is 0.946 bits per heavy atom. The molecule has 536 valence electrons. The number of carbonyl (C=O) groups excluding carboxylic acids is 1. The van der Waals surface area contributed by atoms with Crippen molar-refractivity contribution in [3.05, 3.63) is 0 Å². The minimum absolute atomic E-state index is 0.824. The minimum Gasteiger partial charge on any atom is -0.394 e. The average molecular weight is 1360 g/mol. The van der Waals surface area contributed by atoms with Crippen LogP contribution in [0.2, 0.25) is 0 Å². The van der Waals surface area contributed by atoms with E-state index in [9.17, 15) is 132 Å². The number of carbonyl (C=O) groups is 1. The fraction of sp³-hybridized carbons (Fsp3) is 0.980. The van der Waals surface area contributed by atoms with E-state index >= 15 is 0 Å². The molecule has 8 aliphatic heterocycles. The first-order valence-corrected chi connectivity index (χ1v) is 29.2. The van der Waals surface area contributed by atoms with Crippen molar-refractivity contribution in [2.75, 3.05) is 52.9 Å². The maximum atomic E-state index is 12.2. The van der Waals surface area contributed by atoms with Crippen LogP contribution < -0.4 is 5.32 Å². The summed E-state index contributed by atoms with van der Waals surface area (Å²) in [6.45, 7) is -7.30. The fourth-order valence-corrected chi connectivity index (χ4v) is 11.6. The van der Waals surface area contributed by atoms with E-state index in [2.05, 4.69) is 5.32 Å². The van der Waals surface area contributed by atoms with Gasteiger partial charge in [0, 0.05) is 6.92 Å². The molecule has 42 nitrogen and oxygen atoms in total. The van der Waals surface area contributed by atoms with Crippen LogP contribution in [0.4, 0.5) is 0 Å². The van der Waals surface area contributed by atoms with Crippen molar-refractivity contribution >= 4 is 5.91 Å². The molecule has 1 unspecified atom stereocenters. The van der Waals surface area contributed by atoms with Gasteiger partial charge in [-0.15, -0.1) is 0 Å². The molecule has 0 radical (unpaired) electrons. The lowest BCUT2D eigenvalue weighted by atomic mass is 9.95. The molecular weight excluding hydrogens is 1270 g/mol. The van der Waals surface area contributed by atoms with Crippen LogP contribution in [0, 0.1) is 0 Å². The third-order valence-corrected chi connectivity index (χ3v) is 17.0. The van der Waals surface area contributed by atoms with E-state index in [1.54, 1.807) is 0 Å². The largest absolute Gasteiger partial charge is 0.394 e. The number of nitrogens with one attached hydrogen (secondary N) is 1. The van der Waals surface area contributed by atoms with E-state index in [1.807, 2.05) is 0 Å². The van der Waals surface area contributed by atoms with Gasteiger partial charge in [0.05, 0.1) is 52.9 Å². The zero-order valence-electron chi connectivity index (χ0n) is 48.5. The fourth-order valence-electron chi connectivity index (χ4n) is 11.6. The Bertz CT molecular complexity index is 2260. The monoisotopic (exact) mass is 1360 g/mol. The van der Waals surface area contributed by atoms with Gasteiger partial charge >= 0.3 is 0 Å². The topological polar surface area (TPSA) is 673 Å². The van der Waals surface area contributed by atoms with E-state index in [4.69, 9.17) is 71.1 Å². The summed E-state index contributed by atoms with van der Waals surface area (Å²) in [6.07, 6.45) is -80.8. The molecule has 8 saturated heterocycles.